The van der Waals surface area contributed by atoms with Crippen molar-refractivity contribution in [3.63, 3.8) is 0 Å². The number of nitrogens with two attached hydrogens (primary N) is 1. The number of hydrogen-bond donors (Lipinski definition) is 2. The van der Waals surface area contributed by atoms with Gasteiger partial charge in [-0.25, -0.2) is 0 Å². The van der Waals surface area contributed by atoms with E-state index in [9.17, 15) is 4.21 Å². The van der Waals surface area contributed by atoms with Crippen molar-refractivity contribution in [1.82, 2.24) is 15.0 Å². The zero-order chi connectivity index (χ0) is 12.0. The number of rotatable bonds is 6. The molecule has 1 aromatic rings. The second-order valence-corrected chi connectivity index (χ2v) is 4.62. The second kappa shape index (κ2) is 6.21. The Bertz CT molecular complexity index is 373. The average Bonchev–Trinajstić information content (AvgIpc) is 2.23. The summed E-state index contributed by atoms with van der Waals surface area (Å²) in [6.45, 7) is 0.631. The molecule has 1 unspecified atom stereocenters. The molecular formula is C8H15N5O2S. The summed E-state index contributed by atoms with van der Waals surface area (Å²) >= 11 is 0. The molecule has 1 heterocycles. The molecule has 1 aromatic heterocycles. The number of aromatic nitrogens is 3. The number of anilines is 2. The van der Waals surface area contributed by atoms with Gasteiger partial charge in [-0.15, -0.1) is 0 Å². The Morgan fingerprint density at radius 3 is 2.81 bits per heavy atom. The van der Waals surface area contributed by atoms with Gasteiger partial charge in [0.2, 0.25) is 11.9 Å². The summed E-state index contributed by atoms with van der Waals surface area (Å²) in [4.78, 5) is 11.6. The summed E-state index contributed by atoms with van der Waals surface area (Å²) in [5, 5.41) is 2.96. The van der Waals surface area contributed by atoms with Gasteiger partial charge in [-0.2, -0.15) is 15.0 Å². The number of ether oxygens (including phenoxy) is 1. The third kappa shape index (κ3) is 4.39. The normalized spacial score (nSPS) is 12.1. The highest BCUT2D eigenvalue weighted by Gasteiger charge is 2.03. The minimum absolute atomic E-state index is 0.105. The monoisotopic (exact) mass is 245 g/mol. The molecule has 8 heteroatoms. The Labute approximate surface area is 96.3 Å². The van der Waals surface area contributed by atoms with Gasteiger partial charge in [0.25, 0.3) is 0 Å². The van der Waals surface area contributed by atoms with Gasteiger partial charge in [-0.05, 0) is 6.42 Å². The van der Waals surface area contributed by atoms with E-state index in [1.807, 2.05) is 0 Å². The van der Waals surface area contributed by atoms with Gasteiger partial charge in [-0.3, -0.25) is 4.21 Å². The van der Waals surface area contributed by atoms with Crippen molar-refractivity contribution in [1.29, 1.82) is 0 Å². The molecule has 0 radical (unpaired) electrons. The molecule has 90 valence electrons. The molecule has 0 aromatic carbocycles. The van der Waals surface area contributed by atoms with Gasteiger partial charge >= 0.3 is 6.01 Å². The smallest absolute Gasteiger partial charge is 0.322 e. The molecule has 0 amide bonds. The number of hydrogen-bond acceptors (Lipinski definition) is 7. The Morgan fingerprint density at radius 2 is 2.19 bits per heavy atom. The van der Waals surface area contributed by atoms with Crippen LogP contribution in [-0.4, -0.2) is 44.8 Å². The van der Waals surface area contributed by atoms with E-state index in [1.165, 1.54) is 7.11 Å². The lowest BCUT2D eigenvalue weighted by molar-refractivity contribution is 0.379. The van der Waals surface area contributed by atoms with E-state index < -0.39 is 10.8 Å². The highest BCUT2D eigenvalue weighted by atomic mass is 32.2. The van der Waals surface area contributed by atoms with Crippen molar-refractivity contribution in [3.8, 4) is 6.01 Å². The van der Waals surface area contributed by atoms with Crippen LogP contribution in [0.3, 0.4) is 0 Å². The fourth-order valence-electron chi connectivity index (χ4n) is 1.02. The van der Waals surface area contributed by atoms with Crippen LogP contribution in [-0.2, 0) is 10.8 Å². The van der Waals surface area contributed by atoms with E-state index in [-0.39, 0.29) is 12.0 Å². The summed E-state index contributed by atoms with van der Waals surface area (Å²) in [5.41, 5.74) is 5.46. The quantitative estimate of drug-likeness (QED) is 0.660. The first kappa shape index (κ1) is 12.6. The summed E-state index contributed by atoms with van der Waals surface area (Å²) < 4.78 is 15.7. The Balaban J connectivity index is 2.47. The summed E-state index contributed by atoms with van der Waals surface area (Å²) in [5.74, 6) is 1.12. The predicted octanol–water partition coefficient (Wildman–Crippen LogP) is -0.357. The largest absolute Gasteiger partial charge is 0.467 e. The zero-order valence-electron chi connectivity index (χ0n) is 9.27. The second-order valence-electron chi connectivity index (χ2n) is 3.06. The van der Waals surface area contributed by atoms with Crippen molar-refractivity contribution in [2.75, 3.05) is 36.7 Å². The summed E-state index contributed by atoms with van der Waals surface area (Å²) in [6.07, 6.45) is 2.45. The first-order chi connectivity index (χ1) is 7.61. The average molecular weight is 245 g/mol. The molecule has 0 aliphatic heterocycles. The standard InChI is InChI=1S/C8H15N5O2S/c1-15-8-12-6(9)11-7(13-8)10-4-3-5-16(2)14/h3-5H2,1-2H3,(H3,9,10,11,12,13). The lowest BCUT2D eigenvalue weighted by Gasteiger charge is -2.05. The SMILES string of the molecule is COc1nc(N)nc(NCCCS(C)=O)n1. The van der Waals surface area contributed by atoms with Gasteiger partial charge < -0.3 is 15.8 Å². The maximum atomic E-state index is 10.8. The van der Waals surface area contributed by atoms with Gasteiger partial charge in [-0.1, -0.05) is 0 Å². The zero-order valence-corrected chi connectivity index (χ0v) is 10.1. The van der Waals surface area contributed by atoms with Crippen molar-refractivity contribution < 1.29 is 8.95 Å². The predicted molar refractivity (Wildman–Crippen MR) is 62.8 cm³/mol. The van der Waals surface area contributed by atoms with Crippen LogP contribution in [0.1, 0.15) is 6.42 Å². The van der Waals surface area contributed by atoms with Crippen LogP contribution in [0.4, 0.5) is 11.9 Å². The van der Waals surface area contributed by atoms with E-state index in [4.69, 9.17) is 10.5 Å². The van der Waals surface area contributed by atoms with Gasteiger partial charge in [0.1, 0.15) is 0 Å². The van der Waals surface area contributed by atoms with Crippen LogP contribution in [0.25, 0.3) is 0 Å². The van der Waals surface area contributed by atoms with Crippen LogP contribution in [0.5, 0.6) is 6.01 Å². The van der Waals surface area contributed by atoms with Crippen molar-refractivity contribution >= 4 is 22.7 Å². The highest BCUT2D eigenvalue weighted by Crippen LogP contribution is 2.07. The Kier molecular flexibility index (Phi) is 4.90. The molecule has 3 N–H and O–H groups in total. The van der Waals surface area contributed by atoms with Gasteiger partial charge in [0.15, 0.2) is 0 Å². The van der Waals surface area contributed by atoms with Crippen LogP contribution in [0.15, 0.2) is 0 Å². The molecule has 0 fully saturated rings. The maximum absolute atomic E-state index is 10.8. The van der Waals surface area contributed by atoms with E-state index in [0.717, 1.165) is 6.42 Å². The molecule has 16 heavy (non-hydrogen) atoms. The maximum Gasteiger partial charge on any atom is 0.322 e. The number of nitrogen functional groups attached to an aromatic ring is 1. The van der Waals surface area contributed by atoms with E-state index in [1.54, 1.807) is 6.26 Å². The fourth-order valence-corrected chi connectivity index (χ4v) is 1.57. The minimum Gasteiger partial charge on any atom is -0.467 e. The van der Waals surface area contributed by atoms with E-state index in [0.29, 0.717) is 18.2 Å². The highest BCUT2D eigenvalue weighted by molar-refractivity contribution is 7.84. The van der Waals surface area contributed by atoms with Gasteiger partial charge in [0.05, 0.1) is 7.11 Å². The fraction of sp³-hybridized carbons (Fsp3) is 0.625. The van der Waals surface area contributed by atoms with Gasteiger partial charge in [0, 0.05) is 29.4 Å². The molecule has 0 spiro atoms. The minimum atomic E-state index is -0.776. The lowest BCUT2D eigenvalue weighted by Crippen LogP contribution is -2.11. The number of nitrogens with one attached hydrogen (secondary N) is 1. The molecule has 0 bridgehead atoms. The van der Waals surface area contributed by atoms with E-state index in [2.05, 4.69) is 20.3 Å². The first-order valence-corrected chi connectivity index (χ1v) is 6.44. The molecule has 7 nitrogen and oxygen atoms in total. The molecule has 0 aliphatic carbocycles. The summed E-state index contributed by atoms with van der Waals surface area (Å²) in [7, 11) is 0.681. The van der Waals surface area contributed by atoms with Crippen LogP contribution < -0.4 is 15.8 Å². The number of nitrogens with zero attached hydrogens (tertiary/aromatic N) is 3. The molecule has 1 atom stereocenters. The van der Waals surface area contributed by atoms with Crippen LogP contribution in [0.2, 0.25) is 0 Å². The van der Waals surface area contributed by atoms with Crippen molar-refractivity contribution in [2.24, 2.45) is 0 Å². The third-order valence-corrected chi connectivity index (χ3v) is 2.57. The molecule has 0 aliphatic rings. The molecule has 0 saturated heterocycles. The van der Waals surface area contributed by atoms with Crippen LogP contribution in [0, 0.1) is 0 Å². The topological polar surface area (TPSA) is 103 Å². The van der Waals surface area contributed by atoms with Crippen LogP contribution >= 0.6 is 0 Å². The first-order valence-electron chi connectivity index (χ1n) is 4.71. The summed E-state index contributed by atoms with van der Waals surface area (Å²) in [6, 6.07) is 0.175. The Hall–Kier alpha value is -1.44. The van der Waals surface area contributed by atoms with Crippen molar-refractivity contribution in [2.45, 2.75) is 6.42 Å². The van der Waals surface area contributed by atoms with Crippen molar-refractivity contribution in [3.05, 3.63) is 0 Å². The third-order valence-electron chi connectivity index (χ3n) is 1.71. The Morgan fingerprint density at radius 1 is 1.44 bits per heavy atom. The molecule has 0 saturated carbocycles. The lowest BCUT2D eigenvalue weighted by atomic mass is 10.5. The molecule has 1 rings (SSSR count). The molecular weight excluding hydrogens is 230 g/mol. The van der Waals surface area contributed by atoms with E-state index >= 15 is 0 Å². The number of methoxy groups -OCH3 is 1.